The zero-order valence-corrected chi connectivity index (χ0v) is 12.9. The fraction of sp³-hybridized carbons (Fsp3) is 0.0500. The van der Waals surface area contributed by atoms with Crippen LogP contribution in [0.3, 0.4) is 0 Å². The van der Waals surface area contributed by atoms with Gasteiger partial charge in [-0.3, -0.25) is 0 Å². The predicted octanol–water partition coefficient (Wildman–Crippen LogP) is 4.76. The van der Waals surface area contributed by atoms with Crippen LogP contribution in [0.25, 0.3) is 0 Å². The largest absolute Gasteiger partial charge is 0.489 e. The Morgan fingerprint density at radius 1 is 0.750 bits per heavy atom. The Morgan fingerprint density at radius 3 is 1.96 bits per heavy atom. The molecule has 0 aliphatic carbocycles. The average Bonchev–Trinajstić information content (AvgIpc) is 2.62. The number of hydrogen-bond acceptors (Lipinski definition) is 3. The molecule has 0 spiro atoms. The monoisotopic (exact) mass is 320 g/mol. The minimum absolute atomic E-state index is 0.265. The maximum absolute atomic E-state index is 10.8. The van der Waals surface area contributed by atoms with Crippen molar-refractivity contribution < 1.29 is 19.4 Å². The second-order valence-electron chi connectivity index (χ2n) is 5.18. The van der Waals surface area contributed by atoms with E-state index >= 15 is 0 Å². The van der Waals surface area contributed by atoms with Gasteiger partial charge in [-0.05, 0) is 54.1 Å². The van der Waals surface area contributed by atoms with Crippen LogP contribution in [0.5, 0.6) is 17.2 Å². The van der Waals surface area contributed by atoms with Crippen molar-refractivity contribution in [2.24, 2.45) is 0 Å². The quantitative estimate of drug-likeness (QED) is 0.711. The van der Waals surface area contributed by atoms with Crippen molar-refractivity contribution >= 4 is 5.97 Å². The first-order chi connectivity index (χ1) is 11.7. The summed E-state index contributed by atoms with van der Waals surface area (Å²) in [5.41, 5.74) is 1.17. The van der Waals surface area contributed by atoms with Crippen LogP contribution in [-0.4, -0.2) is 11.1 Å². The van der Waals surface area contributed by atoms with E-state index < -0.39 is 5.97 Å². The SMILES string of the molecule is O=C(O)c1ccc(COc2ccc(Oc3ccccc3)cc2)cc1. The first-order valence-corrected chi connectivity index (χ1v) is 7.49. The van der Waals surface area contributed by atoms with E-state index in [0.717, 1.165) is 22.8 Å². The Kier molecular flexibility index (Phi) is 4.77. The summed E-state index contributed by atoms with van der Waals surface area (Å²) in [4.78, 5) is 10.8. The molecule has 4 heteroatoms. The van der Waals surface area contributed by atoms with Crippen LogP contribution < -0.4 is 9.47 Å². The van der Waals surface area contributed by atoms with Gasteiger partial charge in [0.2, 0.25) is 0 Å². The lowest BCUT2D eigenvalue weighted by Gasteiger charge is -2.09. The molecular weight excluding hydrogens is 304 g/mol. The van der Waals surface area contributed by atoms with E-state index in [2.05, 4.69) is 0 Å². The van der Waals surface area contributed by atoms with Crippen LogP contribution in [0.2, 0.25) is 0 Å². The Hall–Kier alpha value is -3.27. The molecule has 120 valence electrons. The first-order valence-electron chi connectivity index (χ1n) is 7.49. The molecule has 0 amide bonds. The van der Waals surface area contributed by atoms with Gasteiger partial charge in [0.25, 0.3) is 0 Å². The van der Waals surface area contributed by atoms with Crippen molar-refractivity contribution in [1.82, 2.24) is 0 Å². The van der Waals surface area contributed by atoms with E-state index in [1.807, 2.05) is 54.6 Å². The third kappa shape index (κ3) is 4.14. The summed E-state index contributed by atoms with van der Waals surface area (Å²) in [6, 6.07) is 23.6. The summed E-state index contributed by atoms with van der Waals surface area (Å²) < 4.78 is 11.4. The molecule has 0 saturated heterocycles. The lowest BCUT2D eigenvalue weighted by atomic mass is 10.1. The zero-order chi connectivity index (χ0) is 16.8. The molecular formula is C20H16O4. The molecule has 3 aromatic rings. The van der Waals surface area contributed by atoms with Crippen molar-refractivity contribution in [1.29, 1.82) is 0 Å². The molecule has 24 heavy (non-hydrogen) atoms. The number of carboxylic acid groups (broad SMARTS) is 1. The van der Waals surface area contributed by atoms with Crippen LogP contribution in [0.1, 0.15) is 15.9 Å². The molecule has 0 aliphatic rings. The third-order valence-corrected chi connectivity index (χ3v) is 3.41. The predicted molar refractivity (Wildman–Crippen MR) is 90.7 cm³/mol. The first kappa shape index (κ1) is 15.6. The summed E-state index contributed by atoms with van der Waals surface area (Å²) in [5, 5.41) is 8.87. The molecule has 0 unspecified atom stereocenters. The third-order valence-electron chi connectivity index (χ3n) is 3.41. The Balaban J connectivity index is 1.57. The van der Waals surface area contributed by atoms with Gasteiger partial charge in [0, 0.05) is 0 Å². The van der Waals surface area contributed by atoms with Gasteiger partial charge >= 0.3 is 5.97 Å². The number of ether oxygens (including phenoxy) is 2. The number of para-hydroxylation sites is 1. The van der Waals surface area contributed by atoms with Gasteiger partial charge in [0.05, 0.1) is 5.56 Å². The van der Waals surface area contributed by atoms with Gasteiger partial charge in [-0.1, -0.05) is 30.3 Å². The van der Waals surface area contributed by atoms with Crippen LogP contribution in [-0.2, 0) is 6.61 Å². The highest BCUT2D eigenvalue weighted by molar-refractivity contribution is 5.87. The van der Waals surface area contributed by atoms with E-state index in [1.165, 1.54) is 0 Å². The summed E-state index contributed by atoms with van der Waals surface area (Å²) >= 11 is 0. The molecule has 4 nitrogen and oxygen atoms in total. The van der Waals surface area contributed by atoms with Crippen molar-refractivity contribution in [3.63, 3.8) is 0 Å². The molecule has 0 aliphatic heterocycles. The molecule has 3 aromatic carbocycles. The van der Waals surface area contributed by atoms with Crippen molar-refractivity contribution in [3.05, 3.63) is 90.0 Å². The normalized spacial score (nSPS) is 10.2. The molecule has 3 rings (SSSR count). The molecule has 0 radical (unpaired) electrons. The van der Waals surface area contributed by atoms with Gasteiger partial charge in [0.15, 0.2) is 0 Å². The highest BCUT2D eigenvalue weighted by atomic mass is 16.5. The maximum atomic E-state index is 10.8. The van der Waals surface area contributed by atoms with Gasteiger partial charge in [0.1, 0.15) is 23.9 Å². The van der Waals surface area contributed by atoms with Gasteiger partial charge < -0.3 is 14.6 Å². The minimum atomic E-state index is -0.934. The van der Waals surface area contributed by atoms with Crippen LogP contribution in [0.4, 0.5) is 0 Å². The standard InChI is InChI=1S/C20H16O4/c21-20(22)16-8-6-15(7-9-16)14-23-17-10-12-19(13-11-17)24-18-4-2-1-3-5-18/h1-13H,14H2,(H,21,22). The molecule has 0 atom stereocenters. The second-order valence-corrected chi connectivity index (χ2v) is 5.18. The lowest BCUT2D eigenvalue weighted by molar-refractivity contribution is 0.0697. The molecule has 0 fully saturated rings. The zero-order valence-electron chi connectivity index (χ0n) is 12.9. The van der Waals surface area contributed by atoms with Crippen molar-refractivity contribution in [3.8, 4) is 17.2 Å². The van der Waals surface area contributed by atoms with Crippen molar-refractivity contribution in [2.75, 3.05) is 0 Å². The van der Waals surface area contributed by atoms with E-state index in [9.17, 15) is 4.79 Å². The van der Waals surface area contributed by atoms with E-state index in [1.54, 1.807) is 24.3 Å². The smallest absolute Gasteiger partial charge is 0.335 e. The van der Waals surface area contributed by atoms with Crippen LogP contribution >= 0.6 is 0 Å². The van der Waals surface area contributed by atoms with Crippen LogP contribution in [0.15, 0.2) is 78.9 Å². The van der Waals surface area contributed by atoms with Crippen molar-refractivity contribution in [2.45, 2.75) is 6.61 Å². The fourth-order valence-corrected chi connectivity index (χ4v) is 2.14. The molecule has 0 heterocycles. The molecule has 1 N–H and O–H groups in total. The molecule has 0 bridgehead atoms. The Labute approximate surface area is 139 Å². The van der Waals surface area contributed by atoms with Gasteiger partial charge in [-0.2, -0.15) is 0 Å². The fourth-order valence-electron chi connectivity index (χ4n) is 2.14. The number of carbonyl (C=O) groups is 1. The number of carboxylic acids is 1. The highest BCUT2D eigenvalue weighted by Gasteiger charge is 2.03. The summed E-state index contributed by atoms with van der Waals surface area (Å²) in [6.45, 7) is 0.374. The lowest BCUT2D eigenvalue weighted by Crippen LogP contribution is -1.98. The Morgan fingerprint density at radius 2 is 1.33 bits per heavy atom. The number of aromatic carboxylic acids is 1. The Bertz CT molecular complexity index is 793. The van der Waals surface area contributed by atoms with E-state index in [0.29, 0.717) is 6.61 Å². The van der Waals surface area contributed by atoms with Gasteiger partial charge in [-0.15, -0.1) is 0 Å². The molecule has 0 aromatic heterocycles. The summed E-state index contributed by atoms with van der Waals surface area (Å²) in [5.74, 6) is 1.30. The minimum Gasteiger partial charge on any atom is -0.489 e. The van der Waals surface area contributed by atoms with E-state index in [-0.39, 0.29) is 5.56 Å². The summed E-state index contributed by atoms with van der Waals surface area (Å²) in [6.07, 6.45) is 0. The number of benzene rings is 3. The second kappa shape index (κ2) is 7.33. The number of hydrogen-bond donors (Lipinski definition) is 1. The average molecular weight is 320 g/mol. The molecule has 0 saturated carbocycles. The van der Waals surface area contributed by atoms with Gasteiger partial charge in [-0.25, -0.2) is 4.79 Å². The maximum Gasteiger partial charge on any atom is 0.335 e. The van der Waals surface area contributed by atoms with Crippen LogP contribution in [0, 0.1) is 0 Å². The summed E-state index contributed by atoms with van der Waals surface area (Å²) in [7, 11) is 0. The topological polar surface area (TPSA) is 55.8 Å². The number of rotatable bonds is 6. The highest BCUT2D eigenvalue weighted by Crippen LogP contribution is 2.24. The van der Waals surface area contributed by atoms with E-state index in [4.69, 9.17) is 14.6 Å².